The molecule has 0 aliphatic carbocycles. The van der Waals surface area contributed by atoms with Crippen LogP contribution in [0.4, 0.5) is 13.2 Å². The third-order valence-electron chi connectivity index (χ3n) is 2.21. The first-order chi connectivity index (χ1) is 8.59. The Morgan fingerprint density at radius 2 is 2.05 bits per heavy atom. The van der Waals surface area contributed by atoms with Gasteiger partial charge in [-0.3, -0.25) is 0 Å². The minimum atomic E-state index is -4.73. The first kappa shape index (κ1) is 15.5. The lowest BCUT2D eigenvalue weighted by Gasteiger charge is -2.17. The van der Waals surface area contributed by atoms with Crippen LogP contribution < -0.4 is 4.72 Å². The fraction of sp³-hybridized carbons (Fsp3) is 0.444. The molecule has 1 heterocycles. The third kappa shape index (κ3) is 3.47. The average molecular weight is 300 g/mol. The number of hydrogen-bond acceptors (Lipinski definition) is 4. The molecular weight excluding hydrogens is 289 g/mol. The zero-order chi connectivity index (χ0) is 14.8. The Balaban J connectivity index is 3.09. The normalized spacial score (nSPS) is 14.2. The van der Waals surface area contributed by atoms with Crippen LogP contribution in [0.5, 0.6) is 0 Å². The number of rotatable bonds is 4. The average Bonchev–Trinajstić information content (AvgIpc) is 2.75. The summed E-state index contributed by atoms with van der Waals surface area (Å²) in [6.07, 6.45) is -3.62. The standard InChI is InChI=1S/C9H11F3N2O4S/c1-5(9(10,11)12)14-19(16,17)6-3-4-13-7(6)8(15)18-2/h3-5,13-14H,1-2H3/t5-/m0/s1. The molecule has 1 aromatic rings. The Bertz CT molecular complexity index is 564. The number of carbonyl (C=O) groups excluding carboxylic acids is 1. The molecule has 1 rings (SSSR count). The molecule has 1 aromatic heterocycles. The fourth-order valence-corrected chi connectivity index (χ4v) is 2.59. The lowest BCUT2D eigenvalue weighted by atomic mass is 10.4. The van der Waals surface area contributed by atoms with Crippen LogP contribution in [-0.4, -0.2) is 38.7 Å². The summed E-state index contributed by atoms with van der Waals surface area (Å²) in [6.45, 7) is 0.655. The molecule has 10 heteroatoms. The number of methoxy groups -OCH3 is 1. The van der Waals surface area contributed by atoms with Crippen molar-refractivity contribution in [3.8, 4) is 0 Å². The summed E-state index contributed by atoms with van der Waals surface area (Å²) in [4.78, 5) is 13.0. The van der Waals surface area contributed by atoms with Crippen LogP contribution in [-0.2, 0) is 14.8 Å². The van der Waals surface area contributed by atoms with Crippen molar-refractivity contribution in [2.24, 2.45) is 0 Å². The van der Waals surface area contributed by atoms with Crippen molar-refractivity contribution in [1.82, 2.24) is 9.71 Å². The van der Waals surface area contributed by atoms with Gasteiger partial charge in [0.05, 0.1) is 7.11 Å². The summed E-state index contributed by atoms with van der Waals surface area (Å²) in [7, 11) is -3.47. The summed E-state index contributed by atoms with van der Waals surface area (Å²) < 4.78 is 66.2. The van der Waals surface area contributed by atoms with E-state index in [2.05, 4.69) is 9.72 Å². The molecule has 0 radical (unpaired) electrons. The van der Waals surface area contributed by atoms with Gasteiger partial charge in [0.15, 0.2) is 0 Å². The SMILES string of the molecule is COC(=O)c1[nH]ccc1S(=O)(=O)N[C@@H](C)C(F)(F)F. The largest absolute Gasteiger partial charge is 0.464 e. The van der Waals surface area contributed by atoms with Gasteiger partial charge in [0.1, 0.15) is 16.6 Å². The van der Waals surface area contributed by atoms with E-state index in [0.717, 1.165) is 19.4 Å². The molecular formula is C9H11F3N2O4S. The number of aromatic amines is 1. The zero-order valence-corrected chi connectivity index (χ0v) is 10.7. The van der Waals surface area contributed by atoms with Gasteiger partial charge < -0.3 is 9.72 Å². The first-order valence-electron chi connectivity index (χ1n) is 4.94. The smallest absolute Gasteiger partial charge is 0.404 e. The van der Waals surface area contributed by atoms with Crippen molar-refractivity contribution >= 4 is 16.0 Å². The number of halogens is 3. The Kier molecular flexibility index (Phi) is 4.25. The van der Waals surface area contributed by atoms with Crippen LogP contribution in [0.2, 0.25) is 0 Å². The molecule has 0 aliphatic heterocycles. The summed E-state index contributed by atoms with van der Waals surface area (Å²) in [5.74, 6) is -0.995. The van der Waals surface area contributed by atoms with Gasteiger partial charge in [0.25, 0.3) is 0 Å². The van der Waals surface area contributed by atoms with E-state index in [9.17, 15) is 26.4 Å². The Morgan fingerprint density at radius 3 is 2.53 bits per heavy atom. The predicted molar refractivity (Wildman–Crippen MR) is 58.0 cm³/mol. The van der Waals surface area contributed by atoms with Gasteiger partial charge in [-0.05, 0) is 13.0 Å². The maximum Gasteiger partial charge on any atom is 0.404 e. The number of hydrogen-bond donors (Lipinski definition) is 2. The van der Waals surface area contributed by atoms with Gasteiger partial charge in [0.2, 0.25) is 10.0 Å². The minimum Gasteiger partial charge on any atom is -0.464 e. The second-order valence-electron chi connectivity index (χ2n) is 3.59. The molecule has 0 saturated heterocycles. The number of alkyl halides is 3. The number of ether oxygens (including phenoxy) is 1. The van der Waals surface area contributed by atoms with Crippen molar-refractivity contribution in [3.63, 3.8) is 0 Å². The molecule has 19 heavy (non-hydrogen) atoms. The van der Waals surface area contributed by atoms with Crippen LogP contribution in [0.1, 0.15) is 17.4 Å². The van der Waals surface area contributed by atoms with E-state index in [-0.39, 0.29) is 0 Å². The molecule has 1 atom stereocenters. The molecule has 0 aliphatic rings. The molecule has 0 spiro atoms. The molecule has 0 saturated carbocycles. The van der Waals surface area contributed by atoms with Crippen LogP contribution in [0.25, 0.3) is 0 Å². The van der Waals surface area contributed by atoms with Crippen LogP contribution in [0.15, 0.2) is 17.2 Å². The van der Waals surface area contributed by atoms with Gasteiger partial charge in [0, 0.05) is 6.20 Å². The zero-order valence-electron chi connectivity index (χ0n) is 9.91. The van der Waals surface area contributed by atoms with Crippen molar-refractivity contribution < 1.29 is 31.1 Å². The lowest BCUT2D eigenvalue weighted by molar-refractivity contribution is -0.147. The Hall–Kier alpha value is -1.55. The lowest BCUT2D eigenvalue weighted by Crippen LogP contribution is -2.43. The third-order valence-corrected chi connectivity index (χ3v) is 3.79. The summed E-state index contributed by atoms with van der Waals surface area (Å²) in [6, 6.07) is -1.31. The van der Waals surface area contributed by atoms with E-state index in [1.807, 2.05) is 0 Å². The molecule has 0 fully saturated rings. The van der Waals surface area contributed by atoms with Crippen molar-refractivity contribution in [3.05, 3.63) is 18.0 Å². The first-order valence-corrected chi connectivity index (χ1v) is 6.42. The molecule has 2 N–H and O–H groups in total. The van der Waals surface area contributed by atoms with E-state index in [1.165, 1.54) is 4.72 Å². The number of H-pyrrole nitrogens is 1. The van der Waals surface area contributed by atoms with Gasteiger partial charge >= 0.3 is 12.1 Å². The van der Waals surface area contributed by atoms with E-state index in [4.69, 9.17) is 0 Å². The Labute approximate surface area is 107 Å². The van der Waals surface area contributed by atoms with Crippen LogP contribution >= 0.6 is 0 Å². The molecule has 0 unspecified atom stereocenters. The van der Waals surface area contributed by atoms with Crippen LogP contribution in [0, 0.1) is 0 Å². The Morgan fingerprint density at radius 1 is 1.47 bits per heavy atom. The topological polar surface area (TPSA) is 88.3 Å². The van der Waals surface area contributed by atoms with Crippen molar-refractivity contribution in [1.29, 1.82) is 0 Å². The minimum absolute atomic E-state index is 0.440. The van der Waals surface area contributed by atoms with Gasteiger partial charge in [-0.25, -0.2) is 13.2 Å². The van der Waals surface area contributed by atoms with E-state index in [0.29, 0.717) is 6.92 Å². The summed E-state index contributed by atoms with van der Waals surface area (Å²) in [5.41, 5.74) is -0.440. The number of aromatic nitrogens is 1. The number of esters is 1. The second kappa shape index (κ2) is 5.21. The van der Waals surface area contributed by atoms with E-state index < -0.39 is 38.8 Å². The van der Waals surface area contributed by atoms with Gasteiger partial charge in [-0.1, -0.05) is 0 Å². The highest BCUT2D eigenvalue weighted by atomic mass is 32.2. The molecule has 108 valence electrons. The van der Waals surface area contributed by atoms with E-state index in [1.54, 1.807) is 0 Å². The maximum absolute atomic E-state index is 12.3. The quantitative estimate of drug-likeness (QED) is 0.813. The second-order valence-corrected chi connectivity index (χ2v) is 5.28. The maximum atomic E-state index is 12.3. The number of nitrogens with one attached hydrogen (secondary N) is 2. The van der Waals surface area contributed by atoms with E-state index >= 15 is 0 Å². The highest BCUT2D eigenvalue weighted by molar-refractivity contribution is 7.89. The number of carbonyl (C=O) groups is 1. The van der Waals surface area contributed by atoms with Crippen molar-refractivity contribution in [2.45, 2.75) is 24.0 Å². The predicted octanol–water partition coefficient (Wildman–Crippen LogP) is 1.03. The highest BCUT2D eigenvalue weighted by Crippen LogP contribution is 2.22. The van der Waals surface area contributed by atoms with Crippen molar-refractivity contribution in [2.75, 3.05) is 7.11 Å². The molecule has 0 bridgehead atoms. The van der Waals surface area contributed by atoms with Gasteiger partial charge in [-0.2, -0.15) is 17.9 Å². The van der Waals surface area contributed by atoms with Crippen LogP contribution in [0.3, 0.4) is 0 Å². The fourth-order valence-electron chi connectivity index (χ4n) is 1.20. The highest BCUT2D eigenvalue weighted by Gasteiger charge is 2.39. The monoisotopic (exact) mass is 300 g/mol. The summed E-state index contributed by atoms with van der Waals surface area (Å²) >= 11 is 0. The number of sulfonamides is 1. The molecule has 0 aromatic carbocycles. The summed E-state index contributed by atoms with van der Waals surface area (Å²) in [5, 5.41) is 0. The molecule has 0 amide bonds. The van der Waals surface area contributed by atoms with Gasteiger partial charge in [-0.15, -0.1) is 0 Å². The molecule has 6 nitrogen and oxygen atoms in total.